The first-order chi connectivity index (χ1) is 9.33. The number of hydrogen-bond donors (Lipinski definition) is 2. The van der Waals surface area contributed by atoms with Gasteiger partial charge in [0.15, 0.2) is 0 Å². The second-order valence-corrected chi connectivity index (χ2v) is 4.52. The number of para-hydroxylation sites is 1. The molecule has 98 valence electrons. The summed E-state index contributed by atoms with van der Waals surface area (Å²) in [6, 6.07) is 7.83. The SMILES string of the molecule is O=C(NCCn1ccnn1)C1Cc2ccccc2N1. The first-order valence-electron chi connectivity index (χ1n) is 6.29. The molecule has 1 atom stereocenters. The molecule has 0 saturated carbocycles. The van der Waals surface area contributed by atoms with Crippen molar-refractivity contribution in [3.8, 4) is 0 Å². The Kier molecular flexibility index (Phi) is 3.14. The van der Waals surface area contributed by atoms with E-state index in [1.165, 1.54) is 5.56 Å². The molecule has 2 heterocycles. The molecule has 19 heavy (non-hydrogen) atoms. The lowest BCUT2D eigenvalue weighted by atomic mass is 10.1. The van der Waals surface area contributed by atoms with Crippen LogP contribution in [0.2, 0.25) is 0 Å². The van der Waals surface area contributed by atoms with Crippen LogP contribution in [0, 0.1) is 0 Å². The van der Waals surface area contributed by atoms with Crippen molar-refractivity contribution < 1.29 is 4.79 Å². The molecule has 1 aliphatic rings. The van der Waals surface area contributed by atoms with E-state index in [-0.39, 0.29) is 11.9 Å². The molecular weight excluding hydrogens is 242 g/mol. The average Bonchev–Trinajstić information content (AvgIpc) is 3.07. The van der Waals surface area contributed by atoms with Crippen LogP contribution in [0.25, 0.3) is 0 Å². The van der Waals surface area contributed by atoms with E-state index in [0.29, 0.717) is 13.1 Å². The average molecular weight is 257 g/mol. The Bertz CT molecular complexity index is 541. The van der Waals surface area contributed by atoms with Gasteiger partial charge in [-0.15, -0.1) is 5.10 Å². The van der Waals surface area contributed by atoms with E-state index in [1.807, 2.05) is 24.3 Å². The highest BCUT2D eigenvalue weighted by atomic mass is 16.2. The Balaban J connectivity index is 1.50. The van der Waals surface area contributed by atoms with E-state index in [4.69, 9.17) is 0 Å². The van der Waals surface area contributed by atoms with Crippen LogP contribution in [0.5, 0.6) is 0 Å². The molecule has 0 radical (unpaired) electrons. The standard InChI is InChI=1S/C13H15N5O/c19-13(14-5-7-18-8-6-15-17-18)12-9-10-3-1-2-4-11(10)16-12/h1-4,6,8,12,16H,5,7,9H2,(H,14,19). The van der Waals surface area contributed by atoms with Crippen LogP contribution in [-0.4, -0.2) is 33.5 Å². The maximum absolute atomic E-state index is 12.0. The van der Waals surface area contributed by atoms with E-state index in [9.17, 15) is 4.79 Å². The molecule has 1 unspecified atom stereocenters. The largest absolute Gasteiger partial charge is 0.373 e. The molecule has 0 spiro atoms. The molecule has 6 heteroatoms. The molecule has 1 aromatic heterocycles. The minimum atomic E-state index is -0.173. The van der Waals surface area contributed by atoms with Gasteiger partial charge in [0.2, 0.25) is 5.91 Å². The zero-order chi connectivity index (χ0) is 13.1. The predicted molar refractivity (Wildman–Crippen MR) is 70.6 cm³/mol. The van der Waals surface area contributed by atoms with E-state index in [2.05, 4.69) is 20.9 Å². The maximum Gasteiger partial charge on any atom is 0.242 e. The summed E-state index contributed by atoms with van der Waals surface area (Å²) >= 11 is 0. The van der Waals surface area contributed by atoms with Gasteiger partial charge in [0, 0.05) is 24.8 Å². The molecule has 1 aliphatic heterocycles. The number of carbonyl (C=O) groups is 1. The minimum Gasteiger partial charge on any atom is -0.373 e. The number of aromatic nitrogens is 3. The van der Waals surface area contributed by atoms with Gasteiger partial charge in [-0.2, -0.15) is 0 Å². The number of hydrogen-bond acceptors (Lipinski definition) is 4. The highest BCUT2D eigenvalue weighted by Crippen LogP contribution is 2.24. The summed E-state index contributed by atoms with van der Waals surface area (Å²) in [4.78, 5) is 12.0. The van der Waals surface area contributed by atoms with Gasteiger partial charge >= 0.3 is 0 Å². The summed E-state index contributed by atoms with van der Waals surface area (Å²) in [6.07, 6.45) is 4.14. The highest BCUT2D eigenvalue weighted by molar-refractivity contribution is 5.87. The number of amides is 1. The topological polar surface area (TPSA) is 71.8 Å². The van der Waals surface area contributed by atoms with Crippen LogP contribution in [0.4, 0.5) is 5.69 Å². The third kappa shape index (κ3) is 2.57. The van der Waals surface area contributed by atoms with Gasteiger partial charge in [-0.25, -0.2) is 0 Å². The molecule has 2 aromatic rings. The Morgan fingerprint density at radius 2 is 2.37 bits per heavy atom. The van der Waals surface area contributed by atoms with E-state index < -0.39 is 0 Å². The van der Waals surface area contributed by atoms with Crippen LogP contribution < -0.4 is 10.6 Å². The van der Waals surface area contributed by atoms with Crippen molar-refractivity contribution in [3.05, 3.63) is 42.2 Å². The number of benzene rings is 1. The van der Waals surface area contributed by atoms with Crippen molar-refractivity contribution in [3.63, 3.8) is 0 Å². The summed E-state index contributed by atoms with van der Waals surface area (Å²) < 4.78 is 1.69. The quantitative estimate of drug-likeness (QED) is 0.833. The first kappa shape index (κ1) is 11.7. The third-order valence-corrected chi connectivity index (χ3v) is 3.20. The summed E-state index contributed by atoms with van der Waals surface area (Å²) in [5, 5.41) is 13.7. The van der Waals surface area contributed by atoms with Crippen LogP contribution in [0.15, 0.2) is 36.7 Å². The fourth-order valence-corrected chi connectivity index (χ4v) is 2.22. The summed E-state index contributed by atoms with van der Waals surface area (Å²) in [5.74, 6) is 0.0244. The zero-order valence-electron chi connectivity index (χ0n) is 10.4. The Morgan fingerprint density at radius 1 is 1.47 bits per heavy atom. The lowest BCUT2D eigenvalue weighted by Gasteiger charge is -2.11. The van der Waals surface area contributed by atoms with Crippen LogP contribution >= 0.6 is 0 Å². The highest BCUT2D eigenvalue weighted by Gasteiger charge is 2.25. The van der Waals surface area contributed by atoms with Crippen molar-refractivity contribution >= 4 is 11.6 Å². The predicted octanol–water partition coefficient (Wildman–Crippen LogP) is 0.431. The van der Waals surface area contributed by atoms with Crippen molar-refractivity contribution in [1.82, 2.24) is 20.3 Å². The van der Waals surface area contributed by atoms with E-state index >= 15 is 0 Å². The van der Waals surface area contributed by atoms with Crippen LogP contribution in [-0.2, 0) is 17.8 Å². The third-order valence-electron chi connectivity index (χ3n) is 3.20. The van der Waals surface area contributed by atoms with Crippen molar-refractivity contribution in [2.75, 3.05) is 11.9 Å². The van der Waals surface area contributed by atoms with Gasteiger partial charge in [0.05, 0.1) is 12.7 Å². The smallest absolute Gasteiger partial charge is 0.242 e. The molecule has 1 amide bonds. The summed E-state index contributed by atoms with van der Waals surface area (Å²) in [7, 11) is 0. The number of nitrogens with one attached hydrogen (secondary N) is 2. The molecule has 0 aliphatic carbocycles. The van der Waals surface area contributed by atoms with Crippen LogP contribution in [0.3, 0.4) is 0 Å². The molecule has 0 bridgehead atoms. The number of fused-ring (bicyclic) bond motifs is 1. The second kappa shape index (κ2) is 5.09. The van der Waals surface area contributed by atoms with Gasteiger partial charge in [0.25, 0.3) is 0 Å². The van der Waals surface area contributed by atoms with Gasteiger partial charge in [-0.3, -0.25) is 9.48 Å². The molecule has 0 fully saturated rings. The lowest BCUT2D eigenvalue weighted by molar-refractivity contribution is -0.121. The number of nitrogens with zero attached hydrogens (tertiary/aromatic N) is 3. The fraction of sp³-hybridized carbons (Fsp3) is 0.308. The minimum absolute atomic E-state index is 0.0244. The fourth-order valence-electron chi connectivity index (χ4n) is 2.22. The molecule has 1 aromatic carbocycles. The molecule has 2 N–H and O–H groups in total. The van der Waals surface area contributed by atoms with Crippen molar-refractivity contribution in [1.29, 1.82) is 0 Å². The maximum atomic E-state index is 12.0. The number of rotatable bonds is 4. The van der Waals surface area contributed by atoms with Crippen molar-refractivity contribution in [2.45, 2.75) is 19.0 Å². The van der Waals surface area contributed by atoms with Crippen molar-refractivity contribution in [2.24, 2.45) is 0 Å². The first-order valence-corrected chi connectivity index (χ1v) is 6.29. The normalized spacial score (nSPS) is 16.7. The van der Waals surface area contributed by atoms with Gasteiger partial charge in [-0.1, -0.05) is 23.4 Å². The second-order valence-electron chi connectivity index (χ2n) is 4.52. The lowest BCUT2D eigenvalue weighted by Crippen LogP contribution is -2.39. The summed E-state index contributed by atoms with van der Waals surface area (Å²) in [5.41, 5.74) is 2.25. The van der Waals surface area contributed by atoms with Crippen LogP contribution in [0.1, 0.15) is 5.56 Å². The molecule has 6 nitrogen and oxygen atoms in total. The van der Waals surface area contributed by atoms with E-state index in [0.717, 1.165) is 12.1 Å². The van der Waals surface area contributed by atoms with Gasteiger partial charge < -0.3 is 10.6 Å². The Morgan fingerprint density at radius 3 is 3.16 bits per heavy atom. The number of anilines is 1. The molecule has 3 rings (SSSR count). The van der Waals surface area contributed by atoms with Gasteiger partial charge in [0.1, 0.15) is 6.04 Å². The molecular formula is C13H15N5O. The Hall–Kier alpha value is -2.37. The Labute approximate surface area is 110 Å². The number of carbonyl (C=O) groups excluding carboxylic acids is 1. The zero-order valence-corrected chi connectivity index (χ0v) is 10.4. The monoisotopic (exact) mass is 257 g/mol. The van der Waals surface area contributed by atoms with E-state index in [1.54, 1.807) is 17.1 Å². The van der Waals surface area contributed by atoms with Gasteiger partial charge in [-0.05, 0) is 11.6 Å². The summed E-state index contributed by atoms with van der Waals surface area (Å²) in [6.45, 7) is 1.18. The molecule has 0 saturated heterocycles.